The fourth-order valence-electron chi connectivity index (χ4n) is 20.9. The molecule has 137 heavy (non-hydrogen) atoms. The van der Waals surface area contributed by atoms with E-state index in [1.807, 2.05) is 24.3 Å². The Kier molecular flexibility index (Phi) is 20.9. The Morgan fingerprint density at radius 3 is 0.737 bits per heavy atom. The van der Waals surface area contributed by atoms with Crippen LogP contribution in [0.1, 0.15) is 49.9 Å². The second-order valence-electron chi connectivity index (χ2n) is 37.1. The number of hydrogen-bond donors (Lipinski definition) is 0. The standard InChI is InChI=1S/C52H33NO2.C43H33N.C37H29N/c1-2-8-38-31-39(14-13-34(38)7-1)35-15-23-42(24-16-35)53(43-25-17-36(18-26-43)40-21-29-47-45-9-3-5-11-49(45)54-51(47)32-40)44-27-19-37(20-28-44)41-22-30-48-46-10-4-6-12-50(46)55-52(48)33-41;1-43(2)41-15-9-8-14-39(41)40-27-26-38(29-42(40)43)44(36-22-18-32(19-23-36)30-10-4-3-5-11-30)37-24-20-33(21-25-37)35-17-16-31-12-6-7-13-34(31)28-35;1-37(2)35-15-9-8-14-33(35)34-23-22-32(25-36(34)37)38(30-12-4-3-5-13-30)31-20-18-27(19-21-31)29-17-16-26-10-6-7-11-28(26)24-29/h1-33H;3-29H,1-2H3;3-25H,1-2H3. The summed E-state index contributed by atoms with van der Waals surface area (Å²) in [6, 6.07) is 181. The molecule has 0 saturated heterocycles. The van der Waals surface area contributed by atoms with Crippen LogP contribution in [-0.2, 0) is 10.8 Å². The second kappa shape index (κ2) is 34.7. The van der Waals surface area contributed by atoms with E-state index in [9.17, 15) is 0 Å². The van der Waals surface area contributed by atoms with E-state index in [-0.39, 0.29) is 10.8 Å². The van der Waals surface area contributed by atoms with Crippen LogP contribution in [-0.4, -0.2) is 0 Å². The summed E-state index contributed by atoms with van der Waals surface area (Å²) in [6.45, 7) is 9.37. The molecule has 0 atom stereocenters. The topological polar surface area (TPSA) is 36.0 Å². The molecule has 26 rings (SSSR count). The summed E-state index contributed by atoms with van der Waals surface area (Å²) in [7, 11) is 0. The Labute approximate surface area is 798 Å². The van der Waals surface area contributed by atoms with Crippen LogP contribution in [0.3, 0.4) is 0 Å². The predicted octanol–water partition coefficient (Wildman–Crippen LogP) is 37.3. The van der Waals surface area contributed by atoms with E-state index < -0.39 is 0 Å². The van der Waals surface area contributed by atoms with Crippen molar-refractivity contribution in [1.82, 2.24) is 0 Å². The van der Waals surface area contributed by atoms with Crippen LogP contribution in [0.15, 0.2) is 512 Å². The van der Waals surface area contributed by atoms with Crippen molar-refractivity contribution in [2.24, 2.45) is 0 Å². The molecule has 0 radical (unpaired) electrons. The zero-order valence-electron chi connectivity index (χ0n) is 76.6. The lowest BCUT2D eigenvalue weighted by atomic mass is 9.82. The number of hydrogen-bond acceptors (Lipinski definition) is 5. The first-order chi connectivity index (χ1) is 67.4. The number of nitrogens with zero attached hydrogens (tertiary/aromatic N) is 3. The second-order valence-corrected chi connectivity index (χ2v) is 37.1. The van der Waals surface area contributed by atoms with Crippen molar-refractivity contribution in [2.45, 2.75) is 38.5 Å². The molecule has 0 spiro atoms. The lowest BCUT2D eigenvalue weighted by molar-refractivity contribution is 0.660. The van der Waals surface area contributed by atoms with E-state index in [4.69, 9.17) is 8.83 Å². The highest BCUT2D eigenvalue weighted by Gasteiger charge is 2.38. The van der Waals surface area contributed by atoms with Crippen LogP contribution in [0.5, 0.6) is 0 Å². The third kappa shape index (κ3) is 15.5. The van der Waals surface area contributed by atoms with Gasteiger partial charge in [-0.05, 0) is 307 Å². The molecule has 0 N–H and O–H groups in total. The smallest absolute Gasteiger partial charge is 0.136 e. The van der Waals surface area contributed by atoms with Gasteiger partial charge in [-0.2, -0.15) is 0 Å². The summed E-state index contributed by atoms with van der Waals surface area (Å²) in [5, 5.41) is 12.1. The zero-order valence-corrected chi connectivity index (χ0v) is 76.6. The van der Waals surface area contributed by atoms with Crippen molar-refractivity contribution < 1.29 is 8.83 Å². The number of furan rings is 2. The first kappa shape index (κ1) is 82.7. The van der Waals surface area contributed by atoms with Gasteiger partial charge in [0.2, 0.25) is 0 Å². The quantitative estimate of drug-likeness (QED) is 0.102. The maximum atomic E-state index is 6.22. The predicted molar refractivity (Wildman–Crippen MR) is 578 cm³/mol. The minimum atomic E-state index is -0.0648. The molecule has 5 nitrogen and oxygen atoms in total. The molecule has 0 aliphatic heterocycles. The van der Waals surface area contributed by atoms with Crippen LogP contribution in [0.2, 0.25) is 0 Å². The molecule has 0 fully saturated rings. The third-order valence-electron chi connectivity index (χ3n) is 28.2. The van der Waals surface area contributed by atoms with E-state index in [0.717, 1.165) is 112 Å². The van der Waals surface area contributed by atoms with Crippen molar-refractivity contribution in [1.29, 1.82) is 0 Å². The van der Waals surface area contributed by atoms with Crippen molar-refractivity contribution in [3.8, 4) is 89.0 Å². The molecule has 0 saturated carbocycles. The van der Waals surface area contributed by atoms with E-state index in [0.29, 0.717) is 0 Å². The van der Waals surface area contributed by atoms with E-state index in [1.54, 1.807) is 0 Å². The summed E-state index contributed by atoms with van der Waals surface area (Å²) >= 11 is 0. The summed E-state index contributed by atoms with van der Waals surface area (Å²) in [4.78, 5) is 7.07. The zero-order chi connectivity index (χ0) is 91.7. The van der Waals surface area contributed by atoms with Crippen molar-refractivity contribution >= 4 is 127 Å². The van der Waals surface area contributed by atoms with Crippen LogP contribution in [0, 0.1) is 0 Å². The number of fused-ring (bicyclic) bond motifs is 15. The third-order valence-corrected chi connectivity index (χ3v) is 28.2. The van der Waals surface area contributed by atoms with Gasteiger partial charge < -0.3 is 23.5 Å². The normalized spacial score (nSPS) is 12.5. The van der Waals surface area contributed by atoms with Crippen molar-refractivity contribution in [3.05, 3.63) is 526 Å². The Morgan fingerprint density at radius 2 is 0.380 bits per heavy atom. The summed E-state index contributed by atoms with van der Waals surface area (Å²) in [5.74, 6) is 0. The molecule has 22 aromatic carbocycles. The lowest BCUT2D eigenvalue weighted by Crippen LogP contribution is -2.16. The maximum absolute atomic E-state index is 6.22. The fraction of sp³-hybridized carbons (Fsp3) is 0.0455. The van der Waals surface area contributed by atoms with Gasteiger partial charge in [-0.25, -0.2) is 0 Å². The number of rotatable bonds is 15. The molecule has 2 aromatic heterocycles. The van der Waals surface area contributed by atoms with Crippen molar-refractivity contribution in [3.63, 3.8) is 0 Å². The average Bonchev–Trinajstić information content (AvgIpc) is 1.58. The van der Waals surface area contributed by atoms with Gasteiger partial charge >= 0.3 is 0 Å². The monoisotopic (exact) mass is 1750 g/mol. The summed E-state index contributed by atoms with van der Waals surface area (Å²) in [6.07, 6.45) is 0. The minimum absolute atomic E-state index is 0.0375. The molecule has 2 heterocycles. The molecular formula is C132H95N3O2. The first-order valence-corrected chi connectivity index (χ1v) is 47.3. The highest BCUT2D eigenvalue weighted by molar-refractivity contribution is 6.08. The molecule has 2 aliphatic rings. The van der Waals surface area contributed by atoms with Gasteiger partial charge in [0, 0.05) is 83.6 Å². The van der Waals surface area contributed by atoms with Crippen LogP contribution < -0.4 is 14.7 Å². The van der Waals surface area contributed by atoms with Gasteiger partial charge in [-0.3, -0.25) is 0 Å². The Morgan fingerprint density at radius 1 is 0.146 bits per heavy atom. The van der Waals surface area contributed by atoms with E-state index in [2.05, 4.69) is 522 Å². The van der Waals surface area contributed by atoms with Gasteiger partial charge in [-0.1, -0.05) is 367 Å². The van der Waals surface area contributed by atoms with Gasteiger partial charge in [0.1, 0.15) is 22.3 Å². The lowest BCUT2D eigenvalue weighted by Gasteiger charge is -2.28. The SMILES string of the molecule is CC1(C)c2ccccc2-c2ccc(N(c3ccc(-c4ccccc4)cc3)c3ccc(-c4ccc5ccccc5c4)cc3)cc21.CC1(C)c2ccccc2-c2ccc(N(c3ccccc3)c3ccc(-c4ccc5ccccc5c4)cc3)cc21.c1ccc2cc(-c3ccc(N(c4ccc(-c5ccc6c(c5)oc5ccccc56)cc4)c4ccc(-c5ccc6c(c5)oc5ccccc56)cc4)cc3)ccc2c1. The van der Waals surface area contributed by atoms with Crippen molar-refractivity contribution in [2.75, 3.05) is 14.7 Å². The molecule has 2 aliphatic carbocycles. The molecule has 24 aromatic rings. The number of benzene rings is 22. The Balaban J connectivity index is 0.000000114. The molecule has 0 bridgehead atoms. The van der Waals surface area contributed by atoms with E-state index >= 15 is 0 Å². The van der Waals surface area contributed by atoms with Gasteiger partial charge in [0.25, 0.3) is 0 Å². The Bertz CT molecular complexity index is 8520. The van der Waals surface area contributed by atoms with Crippen LogP contribution in [0.25, 0.3) is 165 Å². The largest absolute Gasteiger partial charge is 0.456 e. The highest BCUT2D eigenvalue weighted by atomic mass is 16.3. The molecule has 5 heteroatoms. The maximum Gasteiger partial charge on any atom is 0.136 e. The first-order valence-electron chi connectivity index (χ1n) is 47.3. The summed E-state index contributed by atoms with van der Waals surface area (Å²) in [5.41, 5.74) is 38.8. The molecular weight excluding hydrogens is 1660 g/mol. The van der Waals surface area contributed by atoms with Gasteiger partial charge in [0.05, 0.1) is 0 Å². The fourth-order valence-corrected chi connectivity index (χ4v) is 20.9. The summed E-state index contributed by atoms with van der Waals surface area (Å²) < 4.78 is 12.4. The molecule has 650 valence electrons. The van der Waals surface area contributed by atoms with Gasteiger partial charge in [0.15, 0.2) is 0 Å². The molecule has 0 amide bonds. The van der Waals surface area contributed by atoms with Crippen LogP contribution >= 0.6 is 0 Å². The minimum Gasteiger partial charge on any atom is -0.456 e. The molecule has 0 unspecified atom stereocenters. The number of anilines is 9. The van der Waals surface area contributed by atoms with Crippen LogP contribution in [0.4, 0.5) is 51.2 Å². The Hall–Kier alpha value is -17.4. The average molecular weight is 1760 g/mol. The number of para-hydroxylation sites is 3. The van der Waals surface area contributed by atoms with Gasteiger partial charge in [-0.15, -0.1) is 0 Å². The van der Waals surface area contributed by atoms with E-state index in [1.165, 1.54) is 127 Å². The highest BCUT2D eigenvalue weighted by Crippen LogP contribution is 2.54.